The zero-order valence-corrected chi connectivity index (χ0v) is 6.48. The van der Waals surface area contributed by atoms with Crippen molar-refractivity contribution >= 4 is 5.78 Å². The molecule has 0 heterocycles. The average Bonchev–Trinajstić information content (AvgIpc) is 1.81. The Morgan fingerprint density at radius 3 is 2.50 bits per heavy atom. The molecule has 0 fully saturated rings. The molecular weight excluding hydrogens is 126 g/mol. The van der Waals surface area contributed by atoms with Gasteiger partial charge in [-0.2, -0.15) is 0 Å². The van der Waals surface area contributed by atoms with Gasteiger partial charge in [-0.25, -0.2) is 0 Å². The summed E-state index contributed by atoms with van der Waals surface area (Å²) in [6.07, 6.45) is 5.90. The molecule has 0 aromatic carbocycles. The van der Waals surface area contributed by atoms with Crippen LogP contribution < -0.4 is 5.73 Å². The summed E-state index contributed by atoms with van der Waals surface area (Å²) in [6, 6.07) is 0. The topological polar surface area (TPSA) is 43.1 Å². The highest BCUT2D eigenvalue weighted by Gasteiger charge is 2.11. The maximum atomic E-state index is 10.6. The summed E-state index contributed by atoms with van der Waals surface area (Å²) >= 11 is 0. The van der Waals surface area contributed by atoms with E-state index in [0.717, 1.165) is 0 Å². The molecule has 0 aliphatic heterocycles. The summed E-state index contributed by atoms with van der Waals surface area (Å²) in [5, 5.41) is 0. The molecule has 0 rings (SSSR count). The first-order valence-corrected chi connectivity index (χ1v) is 3.24. The Balaban J connectivity index is 3.58. The molecular formula is C8H13NO. The Bertz CT molecular complexity index is 159. The summed E-state index contributed by atoms with van der Waals surface area (Å²) in [5.41, 5.74) is 5.33. The monoisotopic (exact) mass is 139 g/mol. The van der Waals surface area contributed by atoms with Gasteiger partial charge in [0.05, 0.1) is 0 Å². The quantitative estimate of drug-likeness (QED) is 0.462. The second kappa shape index (κ2) is 3.38. The molecule has 0 spiro atoms. The largest absolute Gasteiger partial charge is 0.326 e. The van der Waals surface area contributed by atoms with Crippen LogP contribution in [-0.2, 0) is 4.79 Å². The number of rotatable bonds is 3. The van der Waals surface area contributed by atoms with E-state index in [1.807, 2.05) is 19.8 Å². The van der Waals surface area contributed by atoms with Gasteiger partial charge in [-0.3, -0.25) is 4.79 Å². The lowest BCUT2D eigenvalue weighted by Gasteiger charge is -2.16. The Hall–Kier alpha value is -0.810. The van der Waals surface area contributed by atoms with E-state index in [0.29, 0.717) is 12.8 Å². The van der Waals surface area contributed by atoms with E-state index in [-0.39, 0.29) is 11.3 Å². The van der Waals surface area contributed by atoms with Gasteiger partial charge in [0.25, 0.3) is 0 Å². The number of Topliss-reactive ketones (excluding diaryl/α,β-unsaturated/α-hetero) is 1. The van der Waals surface area contributed by atoms with Gasteiger partial charge in [0, 0.05) is 12.0 Å². The van der Waals surface area contributed by atoms with E-state index in [4.69, 9.17) is 12.2 Å². The third-order valence-corrected chi connectivity index (χ3v) is 1.16. The van der Waals surface area contributed by atoms with Crippen LogP contribution in [0.1, 0.15) is 26.7 Å². The smallest absolute Gasteiger partial charge is 0.205 e. The SMILES string of the molecule is C#CC(=O)CCC(C)(C)N. The molecule has 56 valence electrons. The Morgan fingerprint density at radius 1 is 1.70 bits per heavy atom. The van der Waals surface area contributed by atoms with Gasteiger partial charge in [0.15, 0.2) is 0 Å². The summed E-state index contributed by atoms with van der Waals surface area (Å²) in [4.78, 5) is 10.6. The normalized spacial score (nSPS) is 10.6. The van der Waals surface area contributed by atoms with Gasteiger partial charge in [-0.1, -0.05) is 0 Å². The zero-order valence-electron chi connectivity index (χ0n) is 6.48. The molecule has 0 aliphatic rings. The summed E-state index contributed by atoms with van der Waals surface area (Å²) in [5.74, 6) is 1.88. The minimum Gasteiger partial charge on any atom is -0.326 e. The maximum absolute atomic E-state index is 10.6. The lowest BCUT2D eigenvalue weighted by molar-refractivity contribution is -0.114. The van der Waals surface area contributed by atoms with Crippen molar-refractivity contribution in [3.63, 3.8) is 0 Å². The number of hydrogen-bond donors (Lipinski definition) is 1. The van der Waals surface area contributed by atoms with Crippen LogP contribution in [0.25, 0.3) is 0 Å². The average molecular weight is 139 g/mol. The molecule has 0 radical (unpaired) electrons. The minimum absolute atomic E-state index is 0.168. The van der Waals surface area contributed by atoms with Gasteiger partial charge < -0.3 is 5.73 Å². The van der Waals surface area contributed by atoms with Gasteiger partial charge in [0.1, 0.15) is 0 Å². The number of carbonyl (C=O) groups is 1. The zero-order chi connectivity index (χ0) is 8.20. The van der Waals surface area contributed by atoms with Crippen LogP contribution in [-0.4, -0.2) is 11.3 Å². The van der Waals surface area contributed by atoms with Crippen molar-refractivity contribution in [3.8, 4) is 12.3 Å². The van der Waals surface area contributed by atoms with E-state index in [1.165, 1.54) is 0 Å². The first-order chi connectivity index (χ1) is 4.45. The molecule has 2 heteroatoms. The minimum atomic E-state index is -0.285. The van der Waals surface area contributed by atoms with Crippen LogP contribution in [0, 0.1) is 12.3 Å². The fraction of sp³-hybridized carbons (Fsp3) is 0.625. The van der Waals surface area contributed by atoms with Crippen molar-refractivity contribution in [1.29, 1.82) is 0 Å². The molecule has 0 aromatic heterocycles. The van der Waals surface area contributed by atoms with Gasteiger partial charge in [0.2, 0.25) is 5.78 Å². The molecule has 0 unspecified atom stereocenters. The van der Waals surface area contributed by atoms with Crippen molar-refractivity contribution in [3.05, 3.63) is 0 Å². The molecule has 0 amide bonds. The first kappa shape index (κ1) is 9.19. The summed E-state index contributed by atoms with van der Waals surface area (Å²) in [6.45, 7) is 3.74. The Kier molecular flexibility index (Phi) is 3.11. The summed E-state index contributed by atoms with van der Waals surface area (Å²) < 4.78 is 0. The van der Waals surface area contributed by atoms with Crippen LogP contribution in [0.4, 0.5) is 0 Å². The van der Waals surface area contributed by atoms with E-state index < -0.39 is 0 Å². The number of ketones is 1. The number of nitrogens with two attached hydrogens (primary N) is 1. The molecule has 2 N–H and O–H groups in total. The highest BCUT2D eigenvalue weighted by atomic mass is 16.1. The van der Waals surface area contributed by atoms with Gasteiger partial charge in [-0.15, -0.1) is 6.42 Å². The van der Waals surface area contributed by atoms with Crippen molar-refractivity contribution in [2.45, 2.75) is 32.2 Å². The number of hydrogen-bond acceptors (Lipinski definition) is 2. The second-order valence-electron chi connectivity index (χ2n) is 3.06. The fourth-order valence-electron chi connectivity index (χ4n) is 0.508. The van der Waals surface area contributed by atoms with Crippen LogP contribution in [0.3, 0.4) is 0 Å². The molecule has 0 saturated heterocycles. The number of carbonyl (C=O) groups excluding carboxylic acids is 1. The molecule has 0 bridgehead atoms. The highest BCUT2D eigenvalue weighted by molar-refractivity contribution is 5.94. The fourth-order valence-corrected chi connectivity index (χ4v) is 0.508. The lowest BCUT2D eigenvalue weighted by atomic mass is 9.99. The van der Waals surface area contributed by atoms with Crippen LogP contribution in [0.2, 0.25) is 0 Å². The van der Waals surface area contributed by atoms with Crippen molar-refractivity contribution < 1.29 is 4.79 Å². The predicted molar refractivity (Wildman–Crippen MR) is 41.3 cm³/mol. The molecule has 0 aromatic rings. The first-order valence-electron chi connectivity index (χ1n) is 3.24. The lowest BCUT2D eigenvalue weighted by Crippen LogP contribution is -2.32. The van der Waals surface area contributed by atoms with E-state index in [9.17, 15) is 4.79 Å². The third kappa shape index (κ3) is 5.33. The third-order valence-electron chi connectivity index (χ3n) is 1.16. The van der Waals surface area contributed by atoms with Gasteiger partial charge >= 0.3 is 0 Å². The molecule has 10 heavy (non-hydrogen) atoms. The standard InChI is InChI=1S/C8H13NO/c1-4-7(10)5-6-8(2,3)9/h1H,5-6,9H2,2-3H3. The van der Waals surface area contributed by atoms with E-state index in [2.05, 4.69) is 0 Å². The van der Waals surface area contributed by atoms with Crippen LogP contribution in [0.15, 0.2) is 0 Å². The summed E-state index contributed by atoms with van der Waals surface area (Å²) in [7, 11) is 0. The van der Waals surface area contributed by atoms with E-state index >= 15 is 0 Å². The van der Waals surface area contributed by atoms with Crippen LogP contribution >= 0.6 is 0 Å². The maximum Gasteiger partial charge on any atom is 0.205 e. The van der Waals surface area contributed by atoms with Crippen molar-refractivity contribution in [1.82, 2.24) is 0 Å². The predicted octanol–water partition coefficient (Wildman–Crippen LogP) is 0.706. The highest BCUT2D eigenvalue weighted by Crippen LogP contribution is 2.06. The van der Waals surface area contributed by atoms with Crippen molar-refractivity contribution in [2.75, 3.05) is 0 Å². The Labute approximate surface area is 61.8 Å². The van der Waals surface area contributed by atoms with E-state index in [1.54, 1.807) is 0 Å². The van der Waals surface area contributed by atoms with Gasteiger partial charge in [-0.05, 0) is 26.2 Å². The Morgan fingerprint density at radius 2 is 2.20 bits per heavy atom. The molecule has 0 atom stereocenters. The molecule has 0 saturated carbocycles. The second-order valence-corrected chi connectivity index (χ2v) is 3.06. The van der Waals surface area contributed by atoms with Crippen molar-refractivity contribution in [2.24, 2.45) is 5.73 Å². The number of terminal acetylenes is 1. The van der Waals surface area contributed by atoms with Crippen LogP contribution in [0.5, 0.6) is 0 Å². The molecule has 2 nitrogen and oxygen atoms in total. The molecule has 0 aliphatic carbocycles.